The Balaban J connectivity index is 2.06. The van der Waals surface area contributed by atoms with Gasteiger partial charge in [-0.25, -0.2) is 0 Å². The summed E-state index contributed by atoms with van der Waals surface area (Å²) in [6.07, 6.45) is 6.98. The van der Waals surface area contributed by atoms with Crippen LogP contribution in [0.15, 0.2) is 55.1 Å². The third-order valence-electron chi connectivity index (χ3n) is 3.13. The van der Waals surface area contributed by atoms with Gasteiger partial charge in [0, 0.05) is 24.0 Å². The van der Waals surface area contributed by atoms with E-state index in [1.54, 1.807) is 24.8 Å². The molecule has 0 spiro atoms. The van der Waals surface area contributed by atoms with Crippen molar-refractivity contribution in [1.82, 2.24) is 20.3 Å². The van der Waals surface area contributed by atoms with E-state index in [2.05, 4.69) is 38.5 Å². The second-order valence-electron chi connectivity index (χ2n) is 4.31. The number of aromatic nitrogens is 3. The van der Waals surface area contributed by atoms with Crippen LogP contribution in [0.25, 0.3) is 10.9 Å². The summed E-state index contributed by atoms with van der Waals surface area (Å²) in [6, 6.07) is 10.3. The van der Waals surface area contributed by atoms with E-state index in [4.69, 9.17) is 0 Å². The highest BCUT2D eigenvalue weighted by Crippen LogP contribution is 2.22. The summed E-state index contributed by atoms with van der Waals surface area (Å²) in [6.45, 7) is 0. The van der Waals surface area contributed by atoms with E-state index in [9.17, 15) is 0 Å². The third-order valence-corrected chi connectivity index (χ3v) is 3.13. The maximum Gasteiger partial charge on any atom is 0.0801 e. The lowest BCUT2D eigenvalue weighted by atomic mass is 10.0. The van der Waals surface area contributed by atoms with Crippen molar-refractivity contribution < 1.29 is 0 Å². The van der Waals surface area contributed by atoms with Crippen LogP contribution in [0.1, 0.15) is 17.3 Å². The van der Waals surface area contributed by atoms with Gasteiger partial charge in [-0.3, -0.25) is 15.0 Å². The molecule has 4 heteroatoms. The number of hydrogen-bond acceptors (Lipinski definition) is 4. The molecule has 0 aliphatic rings. The summed E-state index contributed by atoms with van der Waals surface area (Å²) in [5, 5.41) is 4.41. The summed E-state index contributed by atoms with van der Waals surface area (Å²) >= 11 is 0. The lowest BCUT2D eigenvalue weighted by Crippen LogP contribution is -2.19. The number of rotatable bonds is 3. The number of pyridine rings is 1. The first-order valence-electron chi connectivity index (χ1n) is 6.16. The van der Waals surface area contributed by atoms with Crippen LogP contribution in [0.5, 0.6) is 0 Å². The van der Waals surface area contributed by atoms with E-state index >= 15 is 0 Å². The normalized spacial score (nSPS) is 12.5. The van der Waals surface area contributed by atoms with Crippen LogP contribution in [0.4, 0.5) is 0 Å². The van der Waals surface area contributed by atoms with Gasteiger partial charge in [0.2, 0.25) is 0 Å². The summed E-state index contributed by atoms with van der Waals surface area (Å²) in [5.41, 5.74) is 3.07. The fourth-order valence-electron chi connectivity index (χ4n) is 2.22. The molecular weight excluding hydrogens is 236 g/mol. The highest BCUT2D eigenvalue weighted by molar-refractivity contribution is 5.79. The predicted octanol–water partition coefficient (Wildman–Crippen LogP) is 2.33. The molecule has 19 heavy (non-hydrogen) atoms. The Morgan fingerprint density at radius 3 is 2.79 bits per heavy atom. The Morgan fingerprint density at radius 2 is 2.00 bits per heavy atom. The van der Waals surface area contributed by atoms with Gasteiger partial charge in [0.15, 0.2) is 0 Å². The zero-order valence-corrected chi connectivity index (χ0v) is 10.6. The minimum Gasteiger partial charge on any atom is -0.308 e. The van der Waals surface area contributed by atoms with Crippen LogP contribution in [0, 0.1) is 0 Å². The molecule has 0 amide bonds. The lowest BCUT2D eigenvalue weighted by molar-refractivity contribution is 0.667. The van der Waals surface area contributed by atoms with Gasteiger partial charge in [0.05, 0.1) is 23.4 Å². The average Bonchev–Trinajstić information content (AvgIpc) is 2.49. The van der Waals surface area contributed by atoms with Gasteiger partial charge in [0.25, 0.3) is 0 Å². The zero-order valence-electron chi connectivity index (χ0n) is 10.6. The Hall–Kier alpha value is -2.33. The Labute approximate surface area is 111 Å². The summed E-state index contributed by atoms with van der Waals surface area (Å²) in [7, 11) is 1.92. The molecular formula is C15H14N4. The highest BCUT2D eigenvalue weighted by Gasteiger charge is 2.13. The van der Waals surface area contributed by atoms with Crippen molar-refractivity contribution in [2.75, 3.05) is 7.05 Å². The number of benzene rings is 1. The molecule has 1 N–H and O–H groups in total. The smallest absolute Gasteiger partial charge is 0.0801 e. The first-order valence-corrected chi connectivity index (χ1v) is 6.16. The van der Waals surface area contributed by atoms with Gasteiger partial charge in [0.1, 0.15) is 0 Å². The van der Waals surface area contributed by atoms with Gasteiger partial charge in [-0.1, -0.05) is 12.1 Å². The molecule has 3 aromatic rings. The molecule has 0 bridgehead atoms. The van der Waals surface area contributed by atoms with Crippen LogP contribution in [0.3, 0.4) is 0 Å². The van der Waals surface area contributed by atoms with Gasteiger partial charge in [-0.05, 0) is 30.8 Å². The van der Waals surface area contributed by atoms with Gasteiger partial charge < -0.3 is 5.32 Å². The summed E-state index contributed by atoms with van der Waals surface area (Å²) in [5.74, 6) is 0. The quantitative estimate of drug-likeness (QED) is 0.775. The molecule has 3 rings (SSSR count). The Bertz CT molecular complexity index is 682. The van der Waals surface area contributed by atoms with Crippen molar-refractivity contribution in [2.24, 2.45) is 0 Å². The Kier molecular flexibility index (Phi) is 3.16. The number of nitrogens with zero attached hydrogens (tertiary/aromatic N) is 3. The minimum atomic E-state index is 0.0401. The maximum atomic E-state index is 4.37. The molecule has 0 fully saturated rings. The van der Waals surface area contributed by atoms with Crippen LogP contribution < -0.4 is 5.32 Å². The molecule has 2 aromatic heterocycles. The molecule has 4 nitrogen and oxygen atoms in total. The lowest BCUT2D eigenvalue weighted by Gasteiger charge is -2.16. The van der Waals surface area contributed by atoms with Crippen LogP contribution in [-0.2, 0) is 0 Å². The summed E-state index contributed by atoms with van der Waals surface area (Å²) < 4.78 is 0. The van der Waals surface area contributed by atoms with E-state index < -0.39 is 0 Å². The zero-order chi connectivity index (χ0) is 13.1. The van der Waals surface area contributed by atoms with Gasteiger partial charge in [-0.2, -0.15) is 0 Å². The minimum absolute atomic E-state index is 0.0401. The van der Waals surface area contributed by atoms with Crippen molar-refractivity contribution in [3.05, 3.63) is 66.4 Å². The summed E-state index contributed by atoms with van der Waals surface area (Å²) in [4.78, 5) is 12.8. The molecule has 94 valence electrons. The first-order chi connectivity index (χ1) is 9.38. The molecule has 0 radical (unpaired) electrons. The number of nitrogens with one attached hydrogen (secondary N) is 1. The fraction of sp³-hybridized carbons (Fsp3) is 0.133. The molecule has 0 saturated carbocycles. The second-order valence-corrected chi connectivity index (χ2v) is 4.31. The van der Waals surface area contributed by atoms with E-state index in [-0.39, 0.29) is 6.04 Å². The van der Waals surface area contributed by atoms with Crippen molar-refractivity contribution in [1.29, 1.82) is 0 Å². The molecule has 0 aliphatic carbocycles. The third kappa shape index (κ3) is 2.30. The predicted molar refractivity (Wildman–Crippen MR) is 74.7 cm³/mol. The van der Waals surface area contributed by atoms with E-state index in [1.165, 1.54) is 0 Å². The van der Waals surface area contributed by atoms with Gasteiger partial charge >= 0.3 is 0 Å². The molecule has 2 heterocycles. The maximum absolute atomic E-state index is 4.37. The molecule has 0 aliphatic heterocycles. The fourth-order valence-corrected chi connectivity index (χ4v) is 2.22. The second kappa shape index (κ2) is 5.12. The molecule has 1 aromatic carbocycles. The average molecular weight is 250 g/mol. The number of fused-ring (bicyclic) bond motifs is 1. The molecule has 1 atom stereocenters. The standard InChI is InChI=1S/C15H14N4/c1-16-15(14-10-17-7-8-19-14)12-4-5-13-11(9-12)3-2-6-18-13/h2-10,15-16H,1H3. The van der Waals surface area contributed by atoms with E-state index in [0.29, 0.717) is 0 Å². The number of hydrogen-bond donors (Lipinski definition) is 1. The topological polar surface area (TPSA) is 50.7 Å². The largest absolute Gasteiger partial charge is 0.308 e. The van der Waals surface area contributed by atoms with Crippen molar-refractivity contribution in [3.63, 3.8) is 0 Å². The van der Waals surface area contributed by atoms with Crippen LogP contribution in [-0.4, -0.2) is 22.0 Å². The van der Waals surface area contributed by atoms with Crippen molar-refractivity contribution in [3.8, 4) is 0 Å². The SMILES string of the molecule is CNC(c1ccc2ncccc2c1)c1cnccn1. The van der Waals surface area contributed by atoms with Gasteiger partial charge in [-0.15, -0.1) is 0 Å². The van der Waals surface area contributed by atoms with E-state index in [0.717, 1.165) is 22.2 Å². The van der Waals surface area contributed by atoms with Crippen molar-refractivity contribution in [2.45, 2.75) is 6.04 Å². The monoisotopic (exact) mass is 250 g/mol. The van der Waals surface area contributed by atoms with E-state index in [1.807, 2.05) is 19.2 Å². The molecule has 1 unspecified atom stereocenters. The Morgan fingerprint density at radius 1 is 1.05 bits per heavy atom. The first kappa shape index (κ1) is 11.7. The van der Waals surface area contributed by atoms with Crippen molar-refractivity contribution >= 4 is 10.9 Å². The van der Waals surface area contributed by atoms with Crippen LogP contribution in [0.2, 0.25) is 0 Å². The van der Waals surface area contributed by atoms with Crippen LogP contribution >= 0.6 is 0 Å². The molecule has 0 saturated heterocycles. The highest BCUT2D eigenvalue weighted by atomic mass is 14.9.